The molecule has 0 aliphatic carbocycles. The Kier molecular flexibility index (Phi) is 10.4. The zero-order valence-electron chi connectivity index (χ0n) is 13.4. The lowest BCUT2D eigenvalue weighted by molar-refractivity contribution is -0.118. The number of carbonyl (C=O) groups excluding carboxylic acids is 1. The number of amides is 1. The highest BCUT2D eigenvalue weighted by Crippen LogP contribution is 2.19. The minimum Gasteiger partial charge on any atom is -0.457 e. The quantitative estimate of drug-likeness (QED) is 0.886. The summed E-state index contributed by atoms with van der Waals surface area (Å²) in [4.78, 5) is 10.6. The SMILES string of the molecule is CN.O=C1CSCCCN1.c1ccc(Oc2ccccc2)cc1. The number of ether oxygens (including phenoxy) is 1. The summed E-state index contributed by atoms with van der Waals surface area (Å²) in [6.45, 7) is 0.867. The first-order valence-corrected chi connectivity index (χ1v) is 8.70. The molecule has 23 heavy (non-hydrogen) atoms. The average Bonchev–Trinajstić information content (AvgIpc) is 2.87. The van der Waals surface area contributed by atoms with Crippen LogP contribution in [0.3, 0.4) is 0 Å². The molecule has 1 aliphatic rings. The highest BCUT2D eigenvalue weighted by molar-refractivity contribution is 7.99. The molecule has 0 saturated carbocycles. The first kappa shape index (κ1) is 19.1. The van der Waals surface area contributed by atoms with Crippen molar-refractivity contribution in [2.45, 2.75) is 6.42 Å². The van der Waals surface area contributed by atoms with Crippen molar-refractivity contribution in [1.29, 1.82) is 0 Å². The third-order valence-electron chi connectivity index (χ3n) is 2.74. The Labute approximate surface area is 142 Å². The highest BCUT2D eigenvalue weighted by Gasteiger charge is 2.03. The van der Waals surface area contributed by atoms with Gasteiger partial charge in [0.15, 0.2) is 0 Å². The number of hydrogen-bond acceptors (Lipinski definition) is 4. The Hall–Kier alpha value is -1.98. The summed E-state index contributed by atoms with van der Waals surface area (Å²) in [5, 5.41) is 2.78. The Morgan fingerprint density at radius 3 is 2.00 bits per heavy atom. The third kappa shape index (κ3) is 8.90. The predicted octanol–water partition coefficient (Wildman–Crippen LogP) is 3.29. The Balaban J connectivity index is 0.000000228. The van der Waals surface area contributed by atoms with Gasteiger partial charge in [-0.3, -0.25) is 4.79 Å². The summed E-state index contributed by atoms with van der Waals surface area (Å²) in [5.74, 6) is 3.70. The van der Waals surface area contributed by atoms with Gasteiger partial charge in [0.25, 0.3) is 0 Å². The smallest absolute Gasteiger partial charge is 0.229 e. The van der Waals surface area contributed by atoms with Crippen molar-refractivity contribution in [3.05, 3.63) is 60.7 Å². The van der Waals surface area contributed by atoms with Gasteiger partial charge in [-0.2, -0.15) is 11.8 Å². The van der Waals surface area contributed by atoms with E-state index in [1.807, 2.05) is 60.7 Å². The topological polar surface area (TPSA) is 64.4 Å². The van der Waals surface area contributed by atoms with Crippen LogP contribution >= 0.6 is 11.8 Å². The van der Waals surface area contributed by atoms with Crippen molar-refractivity contribution >= 4 is 17.7 Å². The molecule has 124 valence electrons. The number of benzene rings is 2. The van der Waals surface area contributed by atoms with Gasteiger partial charge in [0.05, 0.1) is 5.75 Å². The molecule has 1 amide bonds. The first-order chi connectivity index (χ1) is 11.3. The zero-order chi connectivity index (χ0) is 16.8. The summed E-state index contributed by atoms with van der Waals surface area (Å²) >= 11 is 1.71. The van der Waals surface area contributed by atoms with Gasteiger partial charge in [0.2, 0.25) is 5.91 Å². The molecular formula is C18H24N2O2S. The van der Waals surface area contributed by atoms with Gasteiger partial charge in [-0.25, -0.2) is 0 Å². The van der Waals surface area contributed by atoms with Crippen LogP contribution in [-0.4, -0.2) is 31.0 Å². The molecule has 3 rings (SSSR count). The number of para-hydroxylation sites is 2. The molecule has 2 aromatic rings. The van der Waals surface area contributed by atoms with Crippen LogP contribution in [0.1, 0.15) is 6.42 Å². The maximum atomic E-state index is 10.6. The Morgan fingerprint density at radius 1 is 0.957 bits per heavy atom. The molecule has 0 aromatic heterocycles. The van der Waals surface area contributed by atoms with Crippen LogP contribution in [-0.2, 0) is 4.79 Å². The van der Waals surface area contributed by atoms with E-state index in [0.29, 0.717) is 5.75 Å². The van der Waals surface area contributed by atoms with Crippen LogP contribution in [0.2, 0.25) is 0 Å². The molecule has 0 atom stereocenters. The van der Waals surface area contributed by atoms with Crippen LogP contribution in [0, 0.1) is 0 Å². The van der Waals surface area contributed by atoms with Crippen LogP contribution in [0.25, 0.3) is 0 Å². The second-order valence-electron chi connectivity index (χ2n) is 4.48. The Bertz CT molecular complexity index is 488. The molecule has 1 heterocycles. The van der Waals surface area contributed by atoms with Gasteiger partial charge in [-0.1, -0.05) is 36.4 Å². The molecule has 1 saturated heterocycles. The number of nitrogens with one attached hydrogen (secondary N) is 1. The maximum Gasteiger partial charge on any atom is 0.229 e. The molecule has 0 bridgehead atoms. The lowest BCUT2D eigenvalue weighted by Crippen LogP contribution is -2.23. The van der Waals surface area contributed by atoms with E-state index in [1.54, 1.807) is 11.8 Å². The number of carbonyl (C=O) groups is 1. The number of thioether (sulfide) groups is 1. The molecule has 1 fully saturated rings. The maximum absolute atomic E-state index is 10.6. The van der Waals surface area contributed by atoms with Crippen molar-refractivity contribution in [2.24, 2.45) is 5.73 Å². The molecule has 0 unspecified atom stereocenters. The monoisotopic (exact) mass is 332 g/mol. The lowest BCUT2D eigenvalue weighted by Gasteiger charge is -2.03. The van der Waals surface area contributed by atoms with Gasteiger partial charge in [-0.15, -0.1) is 0 Å². The molecule has 0 spiro atoms. The molecule has 2 aromatic carbocycles. The molecule has 5 heteroatoms. The van der Waals surface area contributed by atoms with E-state index in [0.717, 1.165) is 30.2 Å². The van der Waals surface area contributed by atoms with E-state index < -0.39 is 0 Å². The second-order valence-corrected chi connectivity index (χ2v) is 5.59. The van der Waals surface area contributed by atoms with Crippen LogP contribution in [0.5, 0.6) is 11.5 Å². The van der Waals surface area contributed by atoms with E-state index in [1.165, 1.54) is 7.05 Å². The number of nitrogens with two attached hydrogens (primary N) is 1. The zero-order valence-corrected chi connectivity index (χ0v) is 14.2. The third-order valence-corrected chi connectivity index (χ3v) is 3.79. The fraction of sp³-hybridized carbons (Fsp3) is 0.278. The molecular weight excluding hydrogens is 308 g/mol. The molecule has 3 N–H and O–H groups in total. The summed E-state index contributed by atoms with van der Waals surface area (Å²) < 4.78 is 5.58. The van der Waals surface area contributed by atoms with Gasteiger partial charge < -0.3 is 15.8 Å². The van der Waals surface area contributed by atoms with E-state index in [4.69, 9.17) is 4.74 Å². The number of hydrogen-bond donors (Lipinski definition) is 2. The van der Waals surface area contributed by atoms with Gasteiger partial charge >= 0.3 is 0 Å². The van der Waals surface area contributed by atoms with Crippen molar-refractivity contribution in [1.82, 2.24) is 5.32 Å². The predicted molar refractivity (Wildman–Crippen MR) is 98.0 cm³/mol. The van der Waals surface area contributed by atoms with Crippen molar-refractivity contribution in [3.8, 4) is 11.5 Å². The minimum absolute atomic E-state index is 0.188. The van der Waals surface area contributed by atoms with Crippen LogP contribution in [0.4, 0.5) is 0 Å². The first-order valence-electron chi connectivity index (χ1n) is 7.55. The normalized spacial score (nSPS) is 13.2. The molecule has 0 radical (unpaired) electrons. The van der Waals surface area contributed by atoms with Crippen molar-refractivity contribution in [3.63, 3.8) is 0 Å². The molecule has 4 nitrogen and oxygen atoms in total. The largest absolute Gasteiger partial charge is 0.457 e. The summed E-state index contributed by atoms with van der Waals surface area (Å²) in [6.07, 6.45) is 1.12. The van der Waals surface area contributed by atoms with Gasteiger partial charge in [0, 0.05) is 6.54 Å². The highest BCUT2D eigenvalue weighted by atomic mass is 32.2. The fourth-order valence-corrected chi connectivity index (χ4v) is 2.51. The number of rotatable bonds is 2. The van der Waals surface area contributed by atoms with Crippen molar-refractivity contribution in [2.75, 3.05) is 25.1 Å². The van der Waals surface area contributed by atoms with Gasteiger partial charge in [0.1, 0.15) is 11.5 Å². The van der Waals surface area contributed by atoms with Crippen LogP contribution < -0.4 is 15.8 Å². The van der Waals surface area contributed by atoms with Crippen molar-refractivity contribution < 1.29 is 9.53 Å². The molecule has 1 aliphatic heterocycles. The van der Waals surface area contributed by atoms with E-state index in [9.17, 15) is 4.79 Å². The summed E-state index contributed by atoms with van der Waals surface area (Å²) in [6, 6.07) is 19.5. The average molecular weight is 332 g/mol. The summed E-state index contributed by atoms with van der Waals surface area (Å²) in [7, 11) is 1.50. The van der Waals surface area contributed by atoms with E-state index >= 15 is 0 Å². The standard InChI is InChI=1S/C12H10O.C5H9NOS.CH5N/c1-3-7-11(8-4-1)13-12-9-5-2-6-10-12;7-5-4-8-3-1-2-6-5;1-2/h1-10H;1-4H2,(H,6,7);2H2,1H3. The lowest BCUT2D eigenvalue weighted by atomic mass is 10.3. The second kappa shape index (κ2) is 12.6. The van der Waals surface area contributed by atoms with Gasteiger partial charge in [-0.05, 0) is 43.5 Å². The minimum atomic E-state index is 0.188. The van der Waals surface area contributed by atoms with E-state index in [-0.39, 0.29) is 5.91 Å². The fourth-order valence-electron chi connectivity index (χ4n) is 1.73. The van der Waals surface area contributed by atoms with Crippen LogP contribution in [0.15, 0.2) is 60.7 Å². The Morgan fingerprint density at radius 2 is 1.48 bits per heavy atom. The summed E-state index contributed by atoms with van der Waals surface area (Å²) in [5.41, 5.74) is 4.50. The van der Waals surface area contributed by atoms with E-state index in [2.05, 4.69) is 11.1 Å².